The van der Waals surface area contributed by atoms with Crippen LogP contribution >= 0.6 is 0 Å². The van der Waals surface area contributed by atoms with Gasteiger partial charge in [-0.25, -0.2) is 8.42 Å². The quantitative estimate of drug-likeness (QED) is 0.286. The summed E-state index contributed by atoms with van der Waals surface area (Å²) in [5, 5.41) is 2.89. The van der Waals surface area contributed by atoms with Crippen molar-refractivity contribution in [3.05, 3.63) is 83.4 Å². The lowest BCUT2D eigenvalue weighted by Crippen LogP contribution is -2.52. The Balaban J connectivity index is 2.14. The summed E-state index contributed by atoms with van der Waals surface area (Å²) in [5.41, 5.74) is 2.87. The van der Waals surface area contributed by atoms with Crippen LogP contribution in [0, 0.1) is 13.8 Å². The van der Waals surface area contributed by atoms with Crippen molar-refractivity contribution in [1.82, 2.24) is 10.2 Å². The predicted molar refractivity (Wildman–Crippen MR) is 164 cm³/mol. The molecular formula is C32H41N3O6S. The number of nitrogens with zero attached hydrogens (tertiary/aromatic N) is 2. The van der Waals surface area contributed by atoms with Gasteiger partial charge in [0, 0.05) is 19.2 Å². The second kappa shape index (κ2) is 14.7. The lowest BCUT2D eigenvalue weighted by Gasteiger charge is -2.33. The van der Waals surface area contributed by atoms with E-state index in [2.05, 4.69) is 5.32 Å². The van der Waals surface area contributed by atoms with Crippen molar-refractivity contribution in [3.63, 3.8) is 0 Å². The number of methoxy groups -OCH3 is 2. The standard InChI is InChI=1S/C32H41N3O6S/c1-7-18-33-32(37)28(8-2)34(21-25-11-9-10-24(4)19-25)31(36)22-35(29-20-26(40-5)14-17-30(29)41-6)42(38,39)27-15-12-23(3)13-16-27/h9-17,19-20,28H,7-8,18,21-22H2,1-6H3,(H,33,37)/t28-/m0/s1. The minimum absolute atomic E-state index is 0.0173. The van der Waals surface area contributed by atoms with E-state index in [1.807, 2.05) is 52.0 Å². The Morgan fingerprint density at radius 2 is 1.62 bits per heavy atom. The molecule has 0 saturated carbocycles. The van der Waals surface area contributed by atoms with Gasteiger partial charge in [-0.15, -0.1) is 0 Å². The number of hydrogen-bond acceptors (Lipinski definition) is 6. The molecule has 3 aromatic rings. The van der Waals surface area contributed by atoms with E-state index in [4.69, 9.17) is 9.47 Å². The van der Waals surface area contributed by atoms with E-state index in [1.54, 1.807) is 24.3 Å². The molecule has 226 valence electrons. The van der Waals surface area contributed by atoms with Gasteiger partial charge in [-0.3, -0.25) is 13.9 Å². The molecule has 0 fully saturated rings. The SMILES string of the molecule is CCCNC(=O)[C@H](CC)N(Cc1cccc(C)c1)C(=O)CN(c1cc(OC)ccc1OC)S(=O)(=O)c1ccc(C)cc1. The smallest absolute Gasteiger partial charge is 0.264 e. The zero-order valence-corrected chi connectivity index (χ0v) is 26.0. The molecule has 0 spiro atoms. The highest BCUT2D eigenvalue weighted by atomic mass is 32.2. The maximum atomic E-state index is 14.2. The summed E-state index contributed by atoms with van der Waals surface area (Å²) in [7, 11) is -1.35. The molecular weight excluding hydrogens is 554 g/mol. The maximum absolute atomic E-state index is 14.2. The van der Waals surface area contributed by atoms with Crippen molar-refractivity contribution in [1.29, 1.82) is 0 Å². The molecule has 2 amide bonds. The van der Waals surface area contributed by atoms with Crippen molar-refractivity contribution in [3.8, 4) is 11.5 Å². The Labute approximate surface area is 249 Å². The van der Waals surface area contributed by atoms with Crippen molar-refractivity contribution >= 4 is 27.5 Å². The summed E-state index contributed by atoms with van der Waals surface area (Å²) >= 11 is 0. The van der Waals surface area contributed by atoms with Gasteiger partial charge in [0.2, 0.25) is 11.8 Å². The number of benzene rings is 3. The molecule has 0 bridgehead atoms. The van der Waals surface area contributed by atoms with Crippen LogP contribution < -0.4 is 19.1 Å². The van der Waals surface area contributed by atoms with Crippen LogP contribution in [0.2, 0.25) is 0 Å². The van der Waals surface area contributed by atoms with E-state index >= 15 is 0 Å². The third-order valence-electron chi connectivity index (χ3n) is 6.91. The van der Waals surface area contributed by atoms with Gasteiger partial charge in [-0.05, 0) is 56.5 Å². The number of sulfonamides is 1. The van der Waals surface area contributed by atoms with Crippen LogP contribution in [0.3, 0.4) is 0 Å². The minimum Gasteiger partial charge on any atom is -0.497 e. The first-order chi connectivity index (χ1) is 20.0. The summed E-state index contributed by atoms with van der Waals surface area (Å²) < 4.78 is 40.3. The van der Waals surface area contributed by atoms with E-state index in [0.717, 1.165) is 27.4 Å². The largest absolute Gasteiger partial charge is 0.497 e. The van der Waals surface area contributed by atoms with Gasteiger partial charge in [0.15, 0.2) is 0 Å². The molecule has 0 aliphatic heterocycles. The average Bonchev–Trinajstić information content (AvgIpc) is 2.98. The summed E-state index contributed by atoms with van der Waals surface area (Å²) in [4.78, 5) is 29.0. The number of carbonyl (C=O) groups excluding carboxylic acids is 2. The lowest BCUT2D eigenvalue weighted by molar-refractivity contribution is -0.140. The van der Waals surface area contributed by atoms with E-state index in [-0.39, 0.29) is 28.8 Å². The van der Waals surface area contributed by atoms with Gasteiger partial charge in [0.25, 0.3) is 10.0 Å². The van der Waals surface area contributed by atoms with Crippen LogP contribution in [0.5, 0.6) is 11.5 Å². The van der Waals surface area contributed by atoms with Gasteiger partial charge in [-0.2, -0.15) is 0 Å². The molecule has 0 aliphatic carbocycles. The van der Waals surface area contributed by atoms with E-state index in [1.165, 1.54) is 37.3 Å². The van der Waals surface area contributed by atoms with Crippen molar-refractivity contribution in [2.24, 2.45) is 0 Å². The van der Waals surface area contributed by atoms with E-state index < -0.39 is 28.5 Å². The lowest BCUT2D eigenvalue weighted by atomic mass is 10.1. The fraction of sp³-hybridized carbons (Fsp3) is 0.375. The van der Waals surface area contributed by atoms with Crippen molar-refractivity contribution in [2.75, 3.05) is 31.6 Å². The zero-order chi connectivity index (χ0) is 30.9. The number of amides is 2. The number of hydrogen-bond donors (Lipinski definition) is 1. The minimum atomic E-state index is -4.25. The molecule has 9 nitrogen and oxygen atoms in total. The number of rotatable bonds is 14. The fourth-order valence-corrected chi connectivity index (χ4v) is 6.05. The number of ether oxygens (including phenoxy) is 2. The predicted octanol–water partition coefficient (Wildman–Crippen LogP) is 4.85. The highest BCUT2D eigenvalue weighted by Crippen LogP contribution is 2.36. The molecule has 1 N–H and O–H groups in total. The van der Waals surface area contributed by atoms with Gasteiger partial charge < -0.3 is 19.7 Å². The summed E-state index contributed by atoms with van der Waals surface area (Å²) in [5.74, 6) is -0.176. The summed E-state index contributed by atoms with van der Waals surface area (Å²) in [6.07, 6.45) is 1.09. The molecule has 1 atom stereocenters. The molecule has 0 saturated heterocycles. The monoisotopic (exact) mass is 595 g/mol. The molecule has 3 aromatic carbocycles. The summed E-state index contributed by atoms with van der Waals surface area (Å²) in [6, 6.07) is 18.0. The van der Waals surface area contributed by atoms with Crippen molar-refractivity contribution < 1.29 is 27.5 Å². The van der Waals surface area contributed by atoms with Gasteiger partial charge >= 0.3 is 0 Å². The Hall–Kier alpha value is -4.05. The fourth-order valence-electron chi connectivity index (χ4n) is 4.64. The topological polar surface area (TPSA) is 105 Å². The maximum Gasteiger partial charge on any atom is 0.264 e. The Kier molecular flexibility index (Phi) is 11.4. The molecule has 10 heteroatoms. The molecule has 0 unspecified atom stereocenters. The van der Waals surface area contributed by atoms with Crippen LogP contribution in [0.1, 0.15) is 43.4 Å². The molecule has 0 radical (unpaired) electrons. The van der Waals surface area contributed by atoms with Crippen LogP contribution in [0.4, 0.5) is 5.69 Å². The third-order valence-corrected chi connectivity index (χ3v) is 8.69. The van der Waals surface area contributed by atoms with Gasteiger partial charge in [0.1, 0.15) is 24.1 Å². The Morgan fingerprint density at radius 1 is 0.905 bits per heavy atom. The Bertz CT molecular complexity index is 1470. The van der Waals surface area contributed by atoms with Crippen LogP contribution in [-0.4, -0.2) is 58.5 Å². The third kappa shape index (κ3) is 7.82. The number of carbonyl (C=O) groups is 2. The first-order valence-corrected chi connectivity index (χ1v) is 15.4. The van der Waals surface area contributed by atoms with Gasteiger partial charge in [0.05, 0.1) is 24.8 Å². The van der Waals surface area contributed by atoms with E-state index in [0.29, 0.717) is 18.7 Å². The van der Waals surface area contributed by atoms with Crippen molar-refractivity contribution in [2.45, 2.75) is 58.0 Å². The second-order valence-electron chi connectivity index (χ2n) is 10.1. The molecule has 0 aliphatic rings. The first-order valence-electron chi connectivity index (χ1n) is 14.0. The molecule has 3 rings (SSSR count). The Morgan fingerprint density at radius 3 is 2.21 bits per heavy atom. The average molecular weight is 596 g/mol. The van der Waals surface area contributed by atoms with Crippen LogP contribution in [-0.2, 0) is 26.2 Å². The van der Waals surface area contributed by atoms with E-state index in [9.17, 15) is 18.0 Å². The normalized spacial score (nSPS) is 11.9. The number of anilines is 1. The zero-order valence-electron chi connectivity index (χ0n) is 25.2. The van der Waals surface area contributed by atoms with Crippen LogP contribution in [0.25, 0.3) is 0 Å². The van der Waals surface area contributed by atoms with Gasteiger partial charge in [-0.1, -0.05) is 61.4 Å². The summed E-state index contributed by atoms with van der Waals surface area (Å²) in [6.45, 7) is 7.63. The second-order valence-corrected chi connectivity index (χ2v) is 12.0. The van der Waals surface area contributed by atoms with Crippen LogP contribution in [0.15, 0.2) is 71.6 Å². The first kappa shape index (κ1) is 32.5. The molecule has 42 heavy (non-hydrogen) atoms. The number of nitrogens with one attached hydrogen (secondary N) is 1. The molecule has 0 aromatic heterocycles. The highest BCUT2D eigenvalue weighted by Gasteiger charge is 2.35. The highest BCUT2D eigenvalue weighted by molar-refractivity contribution is 7.92. The molecule has 0 heterocycles. The number of aryl methyl sites for hydroxylation is 2.